The molecule has 218 valence electrons. The van der Waals surface area contributed by atoms with Gasteiger partial charge < -0.3 is 9.64 Å². The number of carbonyl (C=O) groups is 1. The second kappa shape index (κ2) is 12.3. The number of ether oxygens (including phenoxy) is 1. The molecule has 0 saturated carbocycles. The Morgan fingerprint density at radius 1 is 0.976 bits per heavy atom. The standard InChI is InChI=1S/C31H35Cl2N3O4S/c1-34(2)31(24-9-4-3-5-10-24)16-18-35(19-17-31)30(37)22-40-21-25-13-12-23-8-6-7-11-29(23)36(25)41(38,39)26-14-15-27(32)28(33)20-26/h3-11,14-15,20,25H,12-13,16-19,21-22H2,1-2H3. The van der Waals surface area contributed by atoms with Crippen molar-refractivity contribution in [2.45, 2.75) is 42.2 Å². The van der Waals surface area contributed by atoms with E-state index in [1.807, 2.05) is 29.2 Å². The smallest absolute Gasteiger partial charge is 0.264 e. The Kier molecular flexibility index (Phi) is 8.97. The summed E-state index contributed by atoms with van der Waals surface area (Å²) >= 11 is 12.2. The number of piperidine rings is 1. The average Bonchev–Trinajstić information content (AvgIpc) is 2.98. The Balaban J connectivity index is 1.26. The number of sulfonamides is 1. The van der Waals surface area contributed by atoms with Gasteiger partial charge in [0.25, 0.3) is 10.0 Å². The highest BCUT2D eigenvalue weighted by Crippen LogP contribution is 2.38. The number of rotatable bonds is 8. The average molecular weight is 617 g/mol. The maximum atomic E-state index is 13.9. The van der Waals surface area contributed by atoms with Gasteiger partial charge in [-0.15, -0.1) is 0 Å². The molecule has 3 aromatic rings. The fraction of sp³-hybridized carbons (Fsp3) is 0.387. The summed E-state index contributed by atoms with van der Waals surface area (Å²) in [5.41, 5.74) is 2.70. The Bertz CT molecular complexity index is 1490. The lowest BCUT2D eigenvalue weighted by Gasteiger charge is -2.46. The van der Waals surface area contributed by atoms with Gasteiger partial charge in [0.05, 0.1) is 33.3 Å². The number of fused-ring (bicyclic) bond motifs is 1. The molecule has 0 aliphatic carbocycles. The van der Waals surface area contributed by atoms with Gasteiger partial charge in [0.1, 0.15) is 6.61 Å². The highest BCUT2D eigenvalue weighted by molar-refractivity contribution is 7.92. The summed E-state index contributed by atoms with van der Waals surface area (Å²) < 4.78 is 35.1. The lowest BCUT2D eigenvalue weighted by molar-refractivity contribution is -0.139. The van der Waals surface area contributed by atoms with E-state index in [4.69, 9.17) is 27.9 Å². The minimum atomic E-state index is -3.97. The molecule has 7 nitrogen and oxygen atoms in total. The summed E-state index contributed by atoms with van der Waals surface area (Å²) in [4.78, 5) is 17.3. The van der Waals surface area contributed by atoms with Crippen molar-refractivity contribution in [3.63, 3.8) is 0 Å². The maximum Gasteiger partial charge on any atom is 0.264 e. The van der Waals surface area contributed by atoms with Crippen molar-refractivity contribution >= 4 is 44.8 Å². The fourth-order valence-corrected chi connectivity index (χ4v) is 8.14. The minimum absolute atomic E-state index is 0.0563. The summed E-state index contributed by atoms with van der Waals surface area (Å²) in [5, 5.41) is 0.455. The summed E-state index contributed by atoms with van der Waals surface area (Å²) in [7, 11) is 0.210. The van der Waals surface area contributed by atoms with Gasteiger partial charge in [-0.05, 0) is 75.2 Å². The van der Waals surface area contributed by atoms with Crippen LogP contribution < -0.4 is 4.31 Å². The van der Waals surface area contributed by atoms with E-state index in [0.29, 0.717) is 31.6 Å². The van der Waals surface area contributed by atoms with Gasteiger partial charge >= 0.3 is 0 Å². The number of nitrogens with zero attached hydrogens (tertiary/aromatic N) is 3. The van der Waals surface area contributed by atoms with Crippen molar-refractivity contribution in [2.24, 2.45) is 0 Å². The molecule has 2 aliphatic rings. The topological polar surface area (TPSA) is 70.2 Å². The molecule has 0 aromatic heterocycles. The lowest BCUT2D eigenvalue weighted by atomic mass is 9.80. The normalized spacial score (nSPS) is 18.8. The van der Waals surface area contributed by atoms with Crippen LogP contribution in [0.25, 0.3) is 0 Å². The largest absolute Gasteiger partial charge is 0.369 e. The lowest BCUT2D eigenvalue weighted by Crippen LogP contribution is -2.52. The van der Waals surface area contributed by atoms with Crippen molar-refractivity contribution in [1.29, 1.82) is 0 Å². The molecular weight excluding hydrogens is 581 g/mol. The summed E-state index contributed by atoms with van der Waals surface area (Å²) in [5.74, 6) is -0.0829. The van der Waals surface area contributed by atoms with E-state index < -0.39 is 16.1 Å². The number of para-hydroxylation sites is 1. The van der Waals surface area contributed by atoms with Crippen LogP contribution in [-0.2, 0) is 31.5 Å². The van der Waals surface area contributed by atoms with Crippen molar-refractivity contribution in [1.82, 2.24) is 9.80 Å². The van der Waals surface area contributed by atoms with E-state index in [1.165, 1.54) is 28.1 Å². The predicted octanol–water partition coefficient (Wildman–Crippen LogP) is 5.60. The van der Waals surface area contributed by atoms with Crippen LogP contribution in [-0.4, -0.2) is 70.6 Å². The van der Waals surface area contributed by atoms with Crippen LogP contribution in [0.2, 0.25) is 10.0 Å². The van der Waals surface area contributed by atoms with Crippen molar-refractivity contribution < 1.29 is 17.9 Å². The van der Waals surface area contributed by atoms with Crippen molar-refractivity contribution in [3.05, 3.63) is 94.0 Å². The minimum Gasteiger partial charge on any atom is -0.369 e. The number of halogens is 2. The van der Waals surface area contributed by atoms with Crippen molar-refractivity contribution in [3.8, 4) is 0 Å². The SMILES string of the molecule is CN(C)C1(c2ccccc2)CCN(C(=O)COCC2CCc3ccccc3N2S(=O)(=O)c2ccc(Cl)c(Cl)c2)CC1. The molecule has 1 atom stereocenters. The molecule has 3 aromatic carbocycles. The van der Waals surface area contributed by atoms with Gasteiger partial charge in [0, 0.05) is 18.6 Å². The van der Waals surface area contributed by atoms with Gasteiger partial charge in [-0.2, -0.15) is 0 Å². The highest BCUT2D eigenvalue weighted by atomic mass is 35.5. The third-order valence-electron chi connectivity index (χ3n) is 8.40. The zero-order chi connectivity index (χ0) is 29.2. The molecule has 10 heteroatoms. The number of likely N-dealkylation sites (tertiary alicyclic amines) is 1. The molecule has 2 aliphatic heterocycles. The first-order chi connectivity index (χ1) is 19.6. The Morgan fingerprint density at radius 3 is 2.34 bits per heavy atom. The zero-order valence-corrected chi connectivity index (χ0v) is 25.6. The number of amides is 1. The number of hydrogen-bond donors (Lipinski definition) is 0. The number of anilines is 1. The third kappa shape index (κ3) is 5.99. The van der Waals surface area contributed by atoms with Gasteiger partial charge in [-0.3, -0.25) is 14.0 Å². The zero-order valence-electron chi connectivity index (χ0n) is 23.3. The maximum absolute atomic E-state index is 13.9. The second-order valence-electron chi connectivity index (χ2n) is 10.9. The Morgan fingerprint density at radius 2 is 1.66 bits per heavy atom. The summed E-state index contributed by atoms with van der Waals surface area (Å²) in [6.07, 6.45) is 2.93. The molecule has 0 bridgehead atoms. The number of carbonyl (C=O) groups excluding carboxylic acids is 1. The molecule has 1 unspecified atom stereocenters. The number of hydrogen-bond acceptors (Lipinski definition) is 5. The van der Waals surface area contributed by atoms with Gasteiger partial charge in [-0.1, -0.05) is 71.7 Å². The molecule has 1 saturated heterocycles. The van der Waals surface area contributed by atoms with Crippen LogP contribution >= 0.6 is 23.2 Å². The van der Waals surface area contributed by atoms with E-state index in [1.54, 1.807) is 6.07 Å². The molecule has 41 heavy (non-hydrogen) atoms. The summed E-state index contributed by atoms with van der Waals surface area (Å²) in [6.45, 7) is 1.26. The van der Waals surface area contributed by atoms with Gasteiger partial charge in [0.15, 0.2) is 0 Å². The van der Waals surface area contributed by atoms with E-state index in [0.717, 1.165) is 18.4 Å². The first-order valence-electron chi connectivity index (χ1n) is 13.8. The quantitative estimate of drug-likeness (QED) is 0.330. The van der Waals surface area contributed by atoms with E-state index in [-0.39, 0.29) is 39.6 Å². The molecule has 2 heterocycles. The van der Waals surface area contributed by atoms with E-state index in [2.05, 4.69) is 43.3 Å². The molecule has 1 amide bonds. The second-order valence-corrected chi connectivity index (χ2v) is 13.5. The molecule has 0 radical (unpaired) electrons. The first-order valence-corrected chi connectivity index (χ1v) is 16.0. The molecule has 5 rings (SSSR count). The van der Waals surface area contributed by atoms with Crippen LogP contribution in [0.4, 0.5) is 5.69 Å². The predicted molar refractivity (Wildman–Crippen MR) is 163 cm³/mol. The molecule has 0 N–H and O–H groups in total. The van der Waals surface area contributed by atoms with Crippen LogP contribution in [0.5, 0.6) is 0 Å². The fourth-order valence-electron chi connectivity index (χ4n) is 6.04. The Hall–Kier alpha value is -2.62. The van der Waals surface area contributed by atoms with Crippen LogP contribution in [0.15, 0.2) is 77.7 Å². The summed E-state index contributed by atoms with van der Waals surface area (Å²) in [6, 6.07) is 21.7. The van der Waals surface area contributed by atoms with Crippen molar-refractivity contribution in [2.75, 3.05) is 44.7 Å². The molecular formula is C31H35Cl2N3O4S. The van der Waals surface area contributed by atoms with Crippen LogP contribution in [0, 0.1) is 0 Å². The first kappa shape index (κ1) is 29.9. The molecule has 1 fully saturated rings. The van der Waals surface area contributed by atoms with Gasteiger partial charge in [0.2, 0.25) is 5.91 Å². The van der Waals surface area contributed by atoms with Crippen LogP contribution in [0.1, 0.15) is 30.4 Å². The van der Waals surface area contributed by atoms with E-state index >= 15 is 0 Å². The number of aryl methyl sites for hydroxylation is 1. The number of benzene rings is 3. The Labute approximate surface area is 252 Å². The highest BCUT2D eigenvalue weighted by Gasteiger charge is 2.40. The third-order valence-corrected chi connectivity index (χ3v) is 11.0. The van der Waals surface area contributed by atoms with Gasteiger partial charge in [-0.25, -0.2) is 8.42 Å². The van der Waals surface area contributed by atoms with E-state index in [9.17, 15) is 13.2 Å². The molecule has 0 spiro atoms. The van der Waals surface area contributed by atoms with Crippen LogP contribution in [0.3, 0.4) is 0 Å². The monoisotopic (exact) mass is 615 g/mol.